The van der Waals surface area contributed by atoms with Crippen LogP contribution in [0.25, 0.3) is 0 Å². The van der Waals surface area contributed by atoms with E-state index in [-0.39, 0.29) is 41.3 Å². The summed E-state index contributed by atoms with van der Waals surface area (Å²) < 4.78 is 25.6. The summed E-state index contributed by atoms with van der Waals surface area (Å²) in [6, 6.07) is 1.94. The molecule has 1 aromatic rings. The maximum atomic E-state index is 12.6. The monoisotopic (exact) mass is 574 g/mol. The van der Waals surface area contributed by atoms with Gasteiger partial charge in [0.2, 0.25) is 6.29 Å². The van der Waals surface area contributed by atoms with Crippen LogP contribution in [-0.2, 0) is 39.8 Å². The lowest BCUT2D eigenvalue weighted by molar-refractivity contribution is -0.169. The van der Waals surface area contributed by atoms with Crippen molar-refractivity contribution in [3.05, 3.63) is 23.8 Å². The fourth-order valence-corrected chi connectivity index (χ4v) is 2.85. The summed E-state index contributed by atoms with van der Waals surface area (Å²) in [6.45, 7) is 7.90. The highest BCUT2D eigenvalue weighted by molar-refractivity contribution is 8.93. The highest BCUT2D eigenvalue weighted by Gasteiger charge is 2.29. The summed E-state index contributed by atoms with van der Waals surface area (Å²) in [5, 5.41) is 2.39. The highest BCUT2D eigenvalue weighted by Crippen LogP contribution is 2.31. The Hall–Kier alpha value is -3.19. The third-order valence-corrected chi connectivity index (χ3v) is 4.53. The van der Waals surface area contributed by atoms with Gasteiger partial charge in [0, 0.05) is 13.3 Å². The molecule has 0 saturated carbocycles. The zero-order valence-electron chi connectivity index (χ0n) is 20.6. The lowest BCUT2D eigenvalue weighted by Crippen LogP contribution is -2.45. The second-order valence-corrected chi connectivity index (χ2v) is 8.44. The molecular weight excluding hydrogens is 544 g/mol. The van der Waals surface area contributed by atoms with Gasteiger partial charge in [-0.25, -0.2) is 14.4 Å². The highest BCUT2D eigenvalue weighted by atomic mass is 79.9. The number of fused-ring (bicyclic) bond motifs is 1. The Morgan fingerprint density at radius 1 is 1.00 bits per heavy atom. The van der Waals surface area contributed by atoms with E-state index in [1.807, 2.05) is 0 Å². The van der Waals surface area contributed by atoms with Crippen LogP contribution in [-0.4, -0.2) is 54.4 Å². The van der Waals surface area contributed by atoms with Gasteiger partial charge in [-0.2, -0.15) is 0 Å². The first-order valence-electron chi connectivity index (χ1n) is 11.0. The van der Waals surface area contributed by atoms with Crippen LogP contribution in [0, 0.1) is 5.92 Å². The summed E-state index contributed by atoms with van der Waals surface area (Å²) in [7, 11) is 0. The number of carbonyl (C=O) groups excluding carboxylic acids is 5. The van der Waals surface area contributed by atoms with Crippen molar-refractivity contribution in [2.45, 2.75) is 71.9 Å². The molecule has 1 aliphatic heterocycles. The number of nitrogens with one attached hydrogen (secondary N) is 1. The van der Waals surface area contributed by atoms with Crippen molar-refractivity contribution in [3.8, 4) is 11.5 Å². The largest absolute Gasteiger partial charge is 0.461 e. The minimum absolute atomic E-state index is 0. The zero-order valence-corrected chi connectivity index (χ0v) is 22.3. The maximum Gasteiger partial charge on any atom is 0.410 e. The topological polar surface area (TPSA) is 170 Å². The molecule has 2 rings (SSSR count). The quantitative estimate of drug-likeness (QED) is 0.264. The Morgan fingerprint density at radius 3 is 2.28 bits per heavy atom. The van der Waals surface area contributed by atoms with Crippen LogP contribution in [0.4, 0.5) is 4.79 Å². The van der Waals surface area contributed by atoms with Gasteiger partial charge in [-0.3, -0.25) is 9.59 Å². The average molecular weight is 575 g/mol. The number of benzene rings is 1. The minimum atomic E-state index is -1.20. The number of amides is 1. The summed E-state index contributed by atoms with van der Waals surface area (Å²) in [4.78, 5) is 60.6. The molecular formula is C23H31BrN2O10. The van der Waals surface area contributed by atoms with Crippen molar-refractivity contribution in [1.82, 2.24) is 5.32 Å². The van der Waals surface area contributed by atoms with Gasteiger partial charge in [-0.05, 0) is 31.5 Å². The molecule has 1 aliphatic rings. The smallest absolute Gasteiger partial charge is 0.410 e. The van der Waals surface area contributed by atoms with Crippen molar-refractivity contribution in [2.75, 3.05) is 0 Å². The van der Waals surface area contributed by atoms with Gasteiger partial charge in [0.15, 0.2) is 11.5 Å². The van der Waals surface area contributed by atoms with E-state index in [0.29, 0.717) is 5.56 Å². The molecule has 1 aromatic carbocycles. The predicted molar refractivity (Wildman–Crippen MR) is 129 cm³/mol. The Morgan fingerprint density at radius 2 is 1.67 bits per heavy atom. The fourth-order valence-electron chi connectivity index (χ4n) is 2.85. The second kappa shape index (κ2) is 13.8. The third-order valence-electron chi connectivity index (χ3n) is 4.53. The van der Waals surface area contributed by atoms with E-state index in [1.165, 1.54) is 25.1 Å². The first kappa shape index (κ1) is 30.8. The van der Waals surface area contributed by atoms with E-state index in [4.69, 9.17) is 29.4 Å². The maximum absolute atomic E-state index is 12.6. The summed E-state index contributed by atoms with van der Waals surface area (Å²) in [5.74, 6) is -3.29. The molecule has 3 N–H and O–H groups in total. The zero-order chi connectivity index (χ0) is 26.3. The number of rotatable bonds is 8. The van der Waals surface area contributed by atoms with Gasteiger partial charge in [0.05, 0.1) is 18.4 Å². The second-order valence-electron chi connectivity index (χ2n) is 8.44. The van der Waals surface area contributed by atoms with Gasteiger partial charge in [0.1, 0.15) is 12.1 Å². The van der Waals surface area contributed by atoms with Crippen LogP contribution in [0.1, 0.15) is 46.6 Å². The van der Waals surface area contributed by atoms with Gasteiger partial charge < -0.3 is 34.7 Å². The van der Waals surface area contributed by atoms with Crippen molar-refractivity contribution in [3.63, 3.8) is 0 Å². The van der Waals surface area contributed by atoms with Crippen LogP contribution >= 0.6 is 17.0 Å². The molecule has 0 aromatic heterocycles. The standard InChI is InChI=1S/C23H30N2O10.BrH/c1-11(2)20(27)32-13(5)33-23(30)25-16(22(29)31-12(3)4)8-14-6-7-17-18(9-14)34-19(26)10-15(24)21(28)35-17;/h6-7,9,11-13,15-16H,8,10,24H2,1-5H3,(H,25,30);1H. The summed E-state index contributed by atoms with van der Waals surface area (Å²) in [5.41, 5.74) is 6.03. The molecule has 0 radical (unpaired) electrons. The number of hydrogen-bond acceptors (Lipinski definition) is 11. The number of carbonyl (C=O) groups is 5. The van der Waals surface area contributed by atoms with Crippen molar-refractivity contribution >= 4 is 47.0 Å². The lowest BCUT2D eigenvalue weighted by Gasteiger charge is -2.22. The Labute approximate surface area is 218 Å². The first-order valence-corrected chi connectivity index (χ1v) is 11.0. The van der Waals surface area contributed by atoms with E-state index in [2.05, 4.69) is 5.32 Å². The molecule has 13 heteroatoms. The molecule has 0 bridgehead atoms. The Kier molecular flexibility index (Phi) is 11.8. The molecule has 3 unspecified atom stereocenters. The molecule has 12 nitrogen and oxygen atoms in total. The van der Waals surface area contributed by atoms with Crippen LogP contribution in [0.15, 0.2) is 18.2 Å². The molecule has 0 aliphatic carbocycles. The predicted octanol–water partition coefficient (Wildman–Crippen LogP) is 1.94. The van der Waals surface area contributed by atoms with Gasteiger partial charge in [0.25, 0.3) is 0 Å². The Balaban J connectivity index is 0.00000648. The molecule has 0 fully saturated rings. The van der Waals surface area contributed by atoms with Crippen molar-refractivity contribution < 1.29 is 47.7 Å². The number of ether oxygens (including phenoxy) is 5. The molecule has 1 amide bonds. The van der Waals surface area contributed by atoms with Gasteiger partial charge in [-0.1, -0.05) is 19.9 Å². The summed E-state index contributed by atoms with van der Waals surface area (Å²) in [6.07, 6.45) is -3.12. The van der Waals surface area contributed by atoms with Gasteiger partial charge >= 0.3 is 30.0 Å². The number of halogens is 1. The summed E-state index contributed by atoms with van der Waals surface area (Å²) >= 11 is 0. The molecule has 1 heterocycles. The number of alkyl carbamates (subject to hydrolysis) is 1. The Bertz CT molecular complexity index is 982. The molecule has 0 spiro atoms. The molecule has 0 saturated heterocycles. The number of hydrogen-bond donors (Lipinski definition) is 2. The number of esters is 4. The molecule has 36 heavy (non-hydrogen) atoms. The van der Waals surface area contributed by atoms with Crippen LogP contribution < -0.4 is 20.5 Å². The lowest BCUT2D eigenvalue weighted by atomic mass is 10.0. The SMILES string of the molecule is Br.CC(C)OC(=O)C(Cc1ccc2c(c1)OC(=O)CC(N)C(=O)O2)NC(=O)OC(C)OC(=O)C(C)C. The average Bonchev–Trinajstić information content (AvgIpc) is 2.73. The van der Waals surface area contributed by atoms with Crippen LogP contribution in [0.2, 0.25) is 0 Å². The minimum Gasteiger partial charge on any atom is -0.461 e. The fraction of sp³-hybridized carbons (Fsp3) is 0.522. The van der Waals surface area contributed by atoms with Crippen molar-refractivity contribution in [2.24, 2.45) is 11.7 Å². The van der Waals surface area contributed by atoms with E-state index < -0.39 is 60.4 Å². The molecule has 200 valence electrons. The van der Waals surface area contributed by atoms with E-state index >= 15 is 0 Å². The first-order chi connectivity index (χ1) is 16.3. The van der Waals surface area contributed by atoms with Crippen LogP contribution in [0.5, 0.6) is 11.5 Å². The van der Waals surface area contributed by atoms with Crippen LogP contribution in [0.3, 0.4) is 0 Å². The molecule has 3 atom stereocenters. The third kappa shape index (κ3) is 9.46. The van der Waals surface area contributed by atoms with Crippen molar-refractivity contribution in [1.29, 1.82) is 0 Å². The van der Waals surface area contributed by atoms with E-state index in [9.17, 15) is 24.0 Å². The van der Waals surface area contributed by atoms with E-state index in [0.717, 1.165) is 0 Å². The number of nitrogens with two attached hydrogens (primary N) is 1. The van der Waals surface area contributed by atoms with E-state index in [1.54, 1.807) is 27.7 Å². The van der Waals surface area contributed by atoms with Gasteiger partial charge in [-0.15, -0.1) is 17.0 Å². The normalized spacial score (nSPS) is 16.7.